The highest BCUT2D eigenvalue weighted by Gasteiger charge is 2.04. The van der Waals surface area contributed by atoms with Crippen LogP contribution < -0.4 is 5.32 Å². The summed E-state index contributed by atoms with van der Waals surface area (Å²) >= 11 is 3.42. The van der Waals surface area contributed by atoms with Gasteiger partial charge in [0, 0.05) is 35.1 Å². The first-order chi connectivity index (χ1) is 8.84. The third kappa shape index (κ3) is 2.04. The number of hydrogen-bond donors (Lipinski definition) is 1. The Hall–Kier alpha value is -2.01. The van der Waals surface area contributed by atoms with E-state index in [1.807, 2.05) is 30.5 Å². The molecule has 0 saturated carbocycles. The van der Waals surface area contributed by atoms with Crippen LogP contribution in [0.5, 0.6) is 0 Å². The zero-order chi connectivity index (χ0) is 12.4. The molecule has 88 valence electrons. The van der Waals surface area contributed by atoms with Gasteiger partial charge in [-0.05, 0) is 28.1 Å². The van der Waals surface area contributed by atoms with Crippen molar-refractivity contribution in [2.24, 2.45) is 0 Å². The quantitative estimate of drug-likeness (QED) is 0.786. The maximum Gasteiger partial charge on any atom is 0.148 e. The summed E-state index contributed by atoms with van der Waals surface area (Å²) in [6.07, 6.45) is 6.85. The summed E-state index contributed by atoms with van der Waals surface area (Å²) < 4.78 is 0.830. The van der Waals surface area contributed by atoms with Gasteiger partial charge in [-0.25, -0.2) is 9.97 Å². The molecule has 0 aliphatic carbocycles. The standard InChI is InChI=1S/C13H9BrN4/c14-11-7-16-8-17-13(11)18-12-3-1-2-9-6-15-5-4-10(9)12/h1-8H,(H,16,17,18). The summed E-state index contributed by atoms with van der Waals surface area (Å²) in [6.45, 7) is 0. The lowest BCUT2D eigenvalue weighted by atomic mass is 10.1. The second-order valence-electron chi connectivity index (χ2n) is 3.75. The Morgan fingerprint density at radius 1 is 1.06 bits per heavy atom. The smallest absolute Gasteiger partial charge is 0.148 e. The molecule has 0 fully saturated rings. The van der Waals surface area contributed by atoms with Gasteiger partial charge in [0.15, 0.2) is 0 Å². The van der Waals surface area contributed by atoms with Crippen LogP contribution in [0.4, 0.5) is 11.5 Å². The highest BCUT2D eigenvalue weighted by Crippen LogP contribution is 2.27. The molecule has 18 heavy (non-hydrogen) atoms. The summed E-state index contributed by atoms with van der Waals surface area (Å²) in [6, 6.07) is 8.01. The van der Waals surface area contributed by atoms with Crippen LogP contribution in [-0.4, -0.2) is 15.0 Å². The minimum atomic E-state index is 0.745. The van der Waals surface area contributed by atoms with E-state index in [-0.39, 0.29) is 0 Å². The molecule has 3 rings (SSSR count). The molecule has 2 heterocycles. The van der Waals surface area contributed by atoms with Crippen molar-refractivity contribution in [2.45, 2.75) is 0 Å². The molecule has 0 aliphatic rings. The number of rotatable bonds is 2. The number of halogens is 1. The van der Waals surface area contributed by atoms with Gasteiger partial charge >= 0.3 is 0 Å². The van der Waals surface area contributed by atoms with Gasteiger partial charge in [0.1, 0.15) is 12.1 Å². The fourth-order valence-corrected chi connectivity index (χ4v) is 2.08. The molecule has 0 unspecified atom stereocenters. The van der Waals surface area contributed by atoms with Crippen LogP contribution in [-0.2, 0) is 0 Å². The van der Waals surface area contributed by atoms with Crippen LogP contribution in [0.25, 0.3) is 10.8 Å². The first-order valence-corrected chi connectivity index (χ1v) is 6.19. The Morgan fingerprint density at radius 2 is 2.00 bits per heavy atom. The molecule has 0 bridgehead atoms. The molecule has 3 aromatic rings. The minimum Gasteiger partial charge on any atom is -0.339 e. The van der Waals surface area contributed by atoms with Gasteiger partial charge in [-0.2, -0.15) is 0 Å². The van der Waals surface area contributed by atoms with Crippen LogP contribution in [0, 0.1) is 0 Å². The van der Waals surface area contributed by atoms with E-state index in [0.717, 1.165) is 26.8 Å². The zero-order valence-electron chi connectivity index (χ0n) is 9.34. The first kappa shape index (κ1) is 11.1. The summed E-state index contributed by atoms with van der Waals surface area (Å²) in [4.78, 5) is 12.3. The van der Waals surface area contributed by atoms with Crippen molar-refractivity contribution in [1.82, 2.24) is 15.0 Å². The van der Waals surface area contributed by atoms with Crippen molar-refractivity contribution in [3.05, 3.63) is 53.7 Å². The molecule has 0 radical (unpaired) electrons. The van der Waals surface area contributed by atoms with Crippen LogP contribution in [0.2, 0.25) is 0 Å². The summed E-state index contributed by atoms with van der Waals surface area (Å²) in [7, 11) is 0. The summed E-state index contributed by atoms with van der Waals surface area (Å²) in [5, 5.41) is 5.49. The van der Waals surface area contributed by atoms with E-state index >= 15 is 0 Å². The van der Waals surface area contributed by atoms with Crippen molar-refractivity contribution in [2.75, 3.05) is 5.32 Å². The number of aromatic nitrogens is 3. The van der Waals surface area contributed by atoms with E-state index in [1.165, 1.54) is 6.33 Å². The molecule has 0 atom stereocenters. The minimum absolute atomic E-state index is 0.745. The number of hydrogen-bond acceptors (Lipinski definition) is 4. The molecule has 1 aromatic carbocycles. The normalized spacial score (nSPS) is 10.5. The second-order valence-corrected chi connectivity index (χ2v) is 4.60. The van der Waals surface area contributed by atoms with Crippen LogP contribution in [0.3, 0.4) is 0 Å². The third-order valence-electron chi connectivity index (χ3n) is 2.60. The van der Waals surface area contributed by atoms with Gasteiger partial charge in [-0.15, -0.1) is 0 Å². The van der Waals surface area contributed by atoms with Gasteiger partial charge in [0.05, 0.1) is 4.47 Å². The molecule has 0 amide bonds. The van der Waals surface area contributed by atoms with Crippen molar-refractivity contribution in [3.63, 3.8) is 0 Å². The molecule has 0 aliphatic heterocycles. The van der Waals surface area contributed by atoms with Crippen LogP contribution >= 0.6 is 15.9 Å². The Bertz CT molecular complexity index is 694. The van der Waals surface area contributed by atoms with E-state index in [4.69, 9.17) is 0 Å². The Balaban J connectivity index is 2.08. The second kappa shape index (κ2) is 4.70. The molecule has 1 N–H and O–H groups in total. The number of benzene rings is 1. The molecular formula is C13H9BrN4. The Labute approximate surface area is 112 Å². The fourth-order valence-electron chi connectivity index (χ4n) is 1.76. The average molecular weight is 301 g/mol. The maximum atomic E-state index is 4.20. The maximum absolute atomic E-state index is 4.20. The highest BCUT2D eigenvalue weighted by atomic mass is 79.9. The van der Waals surface area contributed by atoms with Gasteiger partial charge in [0.25, 0.3) is 0 Å². The molecular weight excluding hydrogens is 292 g/mol. The Morgan fingerprint density at radius 3 is 2.89 bits per heavy atom. The van der Waals surface area contributed by atoms with Crippen LogP contribution in [0.15, 0.2) is 53.7 Å². The number of pyridine rings is 1. The summed E-state index contributed by atoms with van der Waals surface area (Å²) in [5.41, 5.74) is 0.995. The van der Waals surface area contributed by atoms with E-state index in [1.54, 1.807) is 12.4 Å². The number of nitrogens with one attached hydrogen (secondary N) is 1. The molecule has 0 saturated heterocycles. The predicted octanol–water partition coefficient (Wildman–Crippen LogP) is 3.53. The van der Waals surface area contributed by atoms with Gasteiger partial charge < -0.3 is 5.32 Å². The van der Waals surface area contributed by atoms with E-state index in [0.29, 0.717) is 0 Å². The number of nitrogens with zero attached hydrogens (tertiary/aromatic N) is 3. The van der Waals surface area contributed by atoms with Crippen molar-refractivity contribution in [3.8, 4) is 0 Å². The van der Waals surface area contributed by atoms with Crippen molar-refractivity contribution >= 4 is 38.2 Å². The monoisotopic (exact) mass is 300 g/mol. The predicted molar refractivity (Wildman–Crippen MR) is 74.8 cm³/mol. The lowest BCUT2D eigenvalue weighted by Gasteiger charge is -2.09. The highest BCUT2D eigenvalue weighted by molar-refractivity contribution is 9.10. The lowest BCUT2D eigenvalue weighted by molar-refractivity contribution is 1.15. The van der Waals surface area contributed by atoms with Gasteiger partial charge in [-0.1, -0.05) is 12.1 Å². The van der Waals surface area contributed by atoms with E-state index in [9.17, 15) is 0 Å². The van der Waals surface area contributed by atoms with Gasteiger partial charge in [0.2, 0.25) is 0 Å². The van der Waals surface area contributed by atoms with Gasteiger partial charge in [-0.3, -0.25) is 4.98 Å². The van der Waals surface area contributed by atoms with E-state index < -0.39 is 0 Å². The fraction of sp³-hybridized carbons (Fsp3) is 0. The molecule has 4 nitrogen and oxygen atoms in total. The SMILES string of the molecule is Brc1cncnc1Nc1cccc2cnccc12. The average Bonchev–Trinajstić information content (AvgIpc) is 2.42. The number of anilines is 2. The topological polar surface area (TPSA) is 50.7 Å². The van der Waals surface area contributed by atoms with E-state index in [2.05, 4.69) is 36.2 Å². The number of fused-ring (bicyclic) bond motifs is 1. The van der Waals surface area contributed by atoms with Crippen LogP contribution in [0.1, 0.15) is 0 Å². The third-order valence-corrected chi connectivity index (χ3v) is 3.18. The summed E-state index contributed by atoms with van der Waals surface area (Å²) in [5.74, 6) is 0.745. The zero-order valence-corrected chi connectivity index (χ0v) is 10.9. The molecule has 2 aromatic heterocycles. The van der Waals surface area contributed by atoms with Crippen molar-refractivity contribution < 1.29 is 0 Å². The first-order valence-electron chi connectivity index (χ1n) is 5.40. The molecule has 0 spiro atoms. The largest absolute Gasteiger partial charge is 0.339 e. The Kier molecular flexibility index (Phi) is 2.90. The molecule has 5 heteroatoms. The van der Waals surface area contributed by atoms with Crippen molar-refractivity contribution in [1.29, 1.82) is 0 Å². The lowest BCUT2D eigenvalue weighted by Crippen LogP contribution is -1.96.